The van der Waals surface area contributed by atoms with E-state index in [9.17, 15) is 19.7 Å². The molecule has 0 spiro atoms. The molecule has 1 atom stereocenters. The normalized spacial score (nSPS) is 16.4. The van der Waals surface area contributed by atoms with E-state index in [-0.39, 0.29) is 5.69 Å². The van der Waals surface area contributed by atoms with Gasteiger partial charge in [-0.25, -0.2) is 4.79 Å². The largest absolute Gasteiger partial charge is 0.327 e. The number of allylic oxidation sites excluding steroid dienone is 1. The highest BCUT2D eigenvalue weighted by molar-refractivity contribution is 6.07. The number of nitro benzene ring substituents is 1. The van der Waals surface area contributed by atoms with Crippen molar-refractivity contribution in [3.63, 3.8) is 0 Å². The summed E-state index contributed by atoms with van der Waals surface area (Å²) in [6.07, 6.45) is 0. The second-order valence-corrected chi connectivity index (χ2v) is 6.19. The van der Waals surface area contributed by atoms with Gasteiger partial charge in [-0.3, -0.25) is 14.9 Å². The Kier molecular flexibility index (Phi) is 4.89. The molecule has 0 aromatic heterocycles. The second kappa shape index (κ2) is 7.28. The van der Waals surface area contributed by atoms with Gasteiger partial charge in [-0.1, -0.05) is 30.3 Å². The maximum atomic E-state index is 12.9. The average molecular weight is 366 g/mol. The number of urea groups is 1. The van der Waals surface area contributed by atoms with Crippen LogP contribution in [0.2, 0.25) is 0 Å². The lowest BCUT2D eigenvalue weighted by molar-refractivity contribution is -0.384. The molecule has 8 nitrogen and oxygen atoms in total. The summed E-state index contributed by atoms with van der Waals surface area (Å²) in [7, 11) is 0. The molecule has 1 aliphatic heterocycles. The predicted octanol–water partition coefficient (Wildman–Crippen LogP) is 3.17. The van der Waals surface area contributed by atoms with Crippen molar-refractivity contribution in [2.75, 3.05) is 5.32 Å². The molecule has 0 radical (unpaired) electrons. The Hall–Kier alpha value is -3.68. The maximum absolute atomic E-state index is 12.9. The zero-order valence-corrected chi connectivity index (χ0v) is 14.8. The first-order chi connectivity index (χ1) is 12.9. The molecule has 0 fully saturated rings. The van der Waals surface area contributed by atoms with Crippen molar-refractivity contribution in [3.8, 4) is 0 Å². The third-order valence-electron chi connectivity index (χ3n) is 4.32. The molecular weight excluding hydrogens is 348 g/mol. The molecule has 3 rings (SSSR count). The van der Waals surface area contributed by atoms with E-state index in [1.54, 1.807) is 19.1 Å². The number of nitrogens with one attached hydrogen (secondary N) is 3. The van der Waals surface area contributed by atoms with E-state index in [1.807, 2.05) is 25.1 Å². The van der Waals surface area contributed by atoms with E-state index in [4.69, 9.17) is 0 Å². The molecule has 1 aliphatic rings. The summed E-state index contributed by atoms with van der Waals surface area (Å²) in [5.74, 6) is -0.397. The van der Waals surface area contributed by atoms with E-state index in [1.165, 1.54) is 18.2 Å². The highest BCUT2D eigenvalue weighted by Crippen LogP contribution is 2.30. The van der Waals surface area contributed by atoms with E-state index in [2.05, 4.69) is 16.0 Å². The number of hydrogen-bond acceptors (Lipinski definition) is 4. The average Bonchev–Trinajstić information content (AvgIpc) is 2.63. The molecular formula is C19H18N4O4. The standard InChI is InChI=1S/C19H18N4O4/c1-11-6-3-4-9-15(11)21-18(24)16-12(2)20-19(25)22-17(16)13-7-5-8-14(10-13)23(26)27/h3-10,17H,1-2H3,(H,21,24)(H2,20,22,25)/t17-/m0/s1. The zero-order chi connectivity index (χ0) is 19.6. The number of benzene rings is 2. The van der Waals surface area contributed by atoms with E-state index in [0.29, 0.717) is 22.5 Å². The summed E-state index contributed by atoms with van der Waals surface area (Å²) in [5.41, 5.74) is 2.56. The Labute approximate surface area is 155 Å². The van der Waals surface area contributed by atoms with Gasteiger partial charge in [-0.05, 0) is 31.0 Å². The summed E-state index contributed by atoms with van der Waals surface area (Å²) in [6.45, 7) is 3.49. The molecule has 3 N–H and O–H groups in total. The number of carbonyl (C=O) groups excluding carboxylic acids is 2. The van der Waals surface area contributed by atoms with Crippen LogP contribution in [0, 0.1) is 17.0 Å². The van der Waals surface area contributed by atoms with Gasteiger partial charge in [0.15, 0.2) is 0 Å². The number of aryl methyl sites for hydroxylation is 1. The zero-order valence-electron chi connectivity index (χ0n) is 14.8. The summed E-state index contributed by atoms with van der Waals surface area (Å²) in [6, 6.07) is 11.9. The molecule has 0 unspecified atom stereocenters. The summed E-state index contributed by atoms with van der Waals surface area (Å²) >= 11 is 0. The van der Waals surface area contributed by atoms with Gasteiger partial charge in [0.25, 0.3) is 11.6 Å². The molecule has 0 saturated carbocycles. The molecule has 8 heteroatoms. The maximum Gasteiger partial charge on any atom is 0.319 e. The van der Waals surface area contributed by atoms with Crippen LogP contribution in [-0.4, -0.2) is 16.9 Å². The molecule has 2 aromatic rings. The van der Waals surface area contributed by atoms with Crippen molar-refractivity contribution in [2.24, 2.45) is 0 Å². The quantitative estimate of drug-likeness (QED) is 0.570. The minimum atomic E-state index is -0.803. The van der Waals surface area contributed by atoms with Crippen LogP contribution in [0.25, 0.3) is 0 Å². The van der Waals surface area contributed by atoms with Crippen molar-refractivity contribution in [1.82, 2.24) is 10.6 Å². The van der Waals surface area contributed by atoms with Gasteiger partial charge in [-0.15, -0.1) is 0 Å². The third-order valence-corrected chi connectivity index (χ3v) is 4.32. The summed E-state index contributed by atoms with van der Waals surface area (Å²) < 4.78 is 0. The van der Waals surface area contributed by atoms with Crippen LogP contribution in [-0.2, 0) is 4.79 Å². The summed E-state index contributed by atoms with van der Waals surface area (Å²) in [5, 5.41) is 19.2. The number of anilines is 1. The van der Waals surface area contributed by atoms with E-state index in [0.717, 1.165) is 5.56 Å². The van der Waals surface area contributed by atoms with Gasteiger partial charge in [0.1, 0.15) is 0 Å². The van der Waals surface area contributed by atoms with Gasteiger partial charge >= 0.3 is 6.03 Å². The van der Waals surface area contributed by atoms with Crippen molar-refractivity contribution in [1.29, 1.82) is 0 Å². The Balaban J connectivity index is 1.99. The third kappa shape index (κ3) is 3.79. The lowest BCUT2D eigenvalue weighted by Crippen LogP contribution is -2.46. The Bertz CT molecular complexity index is 968. The second-order valence-electron chi connectivity index (χ2n) is 6.19. The number of para-hydroxylation sites is 1. The number of nitrogens with zero attached hydrogens (tertiary/aromatic N) is 1. The van der Waals surface area contributed by atoms with E-state index < -0.39 is 22.9 Å². The Morgan fingerprint density at radius 1 is 1.15 bits per heavy atom. The number of non-ortho nitro benzene ring substituents is 1. The minimum Gasteiger partial charge on any atom is -0.327 e. The fourth-order valence-electron chi connectivity index (χ4n) is 2.97. The van der Waals surface area contributed by atoms with Crippen molar-refractivity contribution < 1.29 is 14.5 Å². The van der Waals surface area contributed by atoms with Crippen LogP contribution in [0.15, 0.2) is 59.8 Å². The molecule has 0 bridgehead atoms. The first-order valence-corrected chi connectivity index (χ1v) is 8.26. The monoisotopic (exact) mass is 366 g/mol. The Morgan fingerprint density at radius 3 is 2.59 bits per heavy atom. The molecule has 1 heterocycles. The number of carbonyl (C=O) groups is 2. The SMILES string of the molecule is CC1=C(C(=O)Nc2ccccc2C)[C@H](c2cccc([N+](=O)[O-])c2)NC(=O)N1. The lowest BCUT2D eigenvalue weighted by atomic mass is 9.94. The Morgan fingerprint density at radius 2 is 1.89 bits per heavy atom. The van der Waals surface area contributed by atoms with Gasteiger partial charge in [0.2, 0.25) is 0 Å². The molecule has 138 valence electrons. The van der Waals surface area contributed by atoms with Crippen LogP contribution in [0.3, 0.4) is 0 Å². The van der Waals surface area contributed by atoms with Crippen LogP contribution in [0.1, 0.15) is 24.1 Å². The van der Waals surface area contributed by atoms with Crippen molar-refractivity contribution in [3.05, 3.63) is 81.0 Å². The van der Waals surface area contributed by atoms with Crippen molar-refractivity contribution in [2.45, 2.75) is 19.9 Å². The van der Waals surface area contributed by atoms with Crippen LogP contribution in [0.4, 0.5) is 16.2 Å². The summed E-state index contributed by atoms with van der Waals surface area (Å²) in [4.78, 5) is 35.4. The first-order valence-electron chi connectivity index (χ1n) is 8.26. The predicted molar refractivity (Wildman–Crippen MR) is 100 cm³/mol. The van der Waals surface area contributed by atoms with E-state index >= 15 is 0 Å². The van der Waals surface area contributed by atoms with Gasteiger partial charge in [-0.2, -0.15) is 0 Å². The fraction of sp³-hybridized carbons (Fsp3) is 0.158. The highest BCUT2D eigenvalue weighted by Gasteiger charge is 2.32. The minimum absolute atomic E-state index is 0.114. The molecule has 2 aromatic carbocycles. The van der Waals surface area contributed by atoms with Crippen molar-refractivity contribution >= 4 is 23.3 Å². The lowest BCUT2D eigenvalue weighted by Gasteiger charge is -2.28. The topological polar surface area (TPSA) is 113 Å². The number of amides is 3. The molecule has 3 amide bonds. The number of hydrogen-bond donors (Lipinski definition) is 3. The smallest absolute Gasteiger partial charge is 0.319 e. The fourth-order valence-corrected chi connectivity index (χ4v) is 2.97. The van der Waals surface area contributed by atoms with Gasteiger partial charge < -0.3 is 16.0 Å². The molecule has 27 heavy (non-hydrogen) atoms. The molecule has 0 saturated heterocycles. The molecule has 0 aliphatic carbocycles. The van der Waals surface area contributed by atoms with Crippen LogP contribution < -0.4 is 16.0 Å². The van der Waals surface area contributed by atoms with Crippen LogP contribution in [0.5, 0.6) is 0 Å². The first kappa shape index (κ1) is 18.1. The highest BCUT2D eigenvalue weighted by atomic mass is 16.6. The number of rotatable bonds is 4. The van der Waals surface area contributed by atoms with Gasteiger partial charge in [0, 0.05) is 23.5 Å². The number of nitro groups is 1. The van der Waals surface area contributed by atoms with Crippen LogP contribution >= 0.6 is 0 Å². The van der Waals surface area contributed by atoms with Gasteiger partial charge in [0.05, 0.1) is 16.5 Å².